The van der Waals surface area contributed by atoms with Gasteiger partial charge in [0.2, 0.25) is 0 Å². The van der Waals surface area contributed by atoms with Crippen LogP contribution < -0.4 is 10.1 Å². The molecule has 34 heavy (non-hydrogen) atoms. The first-order chi connectivity index (χ1) is 16.4. The number of para-hydroxylation sites is 2. The monoisotopic (exact) mass is 492 g/mol. The van der Waals surface area contributed by atoms with Gasteiger partial charge in [0.25, 0.3) is 17.1 Å². The SMILES string of the molecule is Cc1cccc(CN2C(=O)S/C(=C\c3ccccc3OCC(=O)Nc3ccccc3Cl)C2=O)c1. The van der Waals surface area contributed by atoms with E-state index >= 15 is 0 Å². The summed E-state index contributed by atoms with van der Waals surface area (Å²) in [5.74, 6) is -0.313. The summed E-state index contributed by atoms with van der Waals surface area (Å²) in [4.78, 5) is 39.3. The maximum absolute atomic E-state index is 12.9. The minimum Gasteiger partial charge on any atom is -0.483 e. The fraction of sp³-hybridized carbons (Fsp3) is 0.115. The lowest BCUT2D eigenvalue weighted by Gasteiger charge is -2.13. The van der Waals surface area contributed by atoms with Crippen molar-refractivity contribution in [3.05, 3.63) is 99.4 Å². The molecule has 0 atom stereocenters. The quantitative estimate of drug-likeness (QED) is 0.415. The van der Waals surface area contributed by atoms with Crippen molar-refractivity contribution in [1.29, 1.82) is 0 Å². The molecule has 3 aromatic rings. The number of hydrogen-bond donors (Lipinski definition) is 1. The fourth-order valence-corrected chi connectivity index (χ4v) is 4.41. The van der Waals surface area contributed by atoms with Gasteiger partial charge in [-0.15, -0.1) is 0 Å². The summed E-state index contributed by atoms with van der Waals surface area (Å²) in [7, 11) is 0. The van der Waals surface area contributed by atoms with Crippen molar-refractivity contribution in [3.8, 4) is 5.75 Å². The van der Waals surface area contributed by atoms with Crippen molar-refractivity contribution < 1.29 is 19.1 Å². The van der Waals surface area contributed by atoms with Crippen LogP contribution in [-0.2, 0) is 16.1 Å². The highest BCUT2D eigenvalue weighted by molar-refractivity contribution is 8.18. The maximum Gasteiger partial charge on any atom is 0.293 e. The Hall–Kier alpha value is -3.55. The molecule has 6 nitrogen and oxygen atoms in total. The Morgan fingerprint density at radius 1 is 1.06 bits per heavy atom. The van der Waals surface area contributed by atoms with Crippen LogP contribution >= 0.6 is 23.4 Å². The van der Waals surface area contributed by atoms with Crippen LogP contribution in [0.3, 0.4) is 0 Å². The first kappa shape index (κ1) is 23.6. The molecule has 0 aromatic heterocycles. The van der Waals surface area contributed by atoms with Crippen LogP contribution in [0, 0.1) is 6.92 Å². The summed E-state index contributed by atoms with van der Waals surface area (Å²) in [5.41, 5.74) is 3.03. The third kappa shape index (κ3) is 5.68. The Morgan fingerprint density at radius 3 is 2.62 bits per heavy atom. The zero-order valence-electron chi connectivity index (χ0n) is 18.3. The summed E-state index contributed by atoms with van der Waals surface area (Å²) in [6, 6.07) is 21.6. The molecule has 1 heterocycles. The number of halogens is 1. The molecule has 0 aliphatic carbocycles. The number of nitrogens with zero attached hydrogens (tertiary/aromatic N) is 1. The van der Waals surface area contributed by atoms with E-state index in [9.17, 15) is 14.4 Å². The van der Waals surface area contributed by atoms with Crippen molar-refractivity contribution in [2.75, 3.05) is 11.9 Å². The molecule has 1 fully saturated rings. The summed E-state index contributed by atoms with van der Waals surface area (Å²) >= 11 is 6.96. The van der Waals surface area contributed by atoms with E-state index in [0.717, 1.165) is 22.9 Å². The standard InChI is InChI=1S/C26H21ClN2O4S/c1-17-7-6-8-18(13-17)15-29-25(31)23(34-26(29)32)14-19-9-2-5-12-22(19)33-16-24(30)28-21-11-4-3-10-20(21)27/h2-14H,15-16H2,1H3,(H,28,30)/b23-14-. The molecule has 1 N–H and O–H groups in total. The summed E-state index contributed by atoms with van der Waals surface area (Å²) in [6.07, 6.45) is 1.61. The Bertz CT molecular complexity index is 1290. The van der Waals surface area contributed by atoms with Gasteiger partial charge in [0, 0.05) is 5.56 Å². The van der Waals surface area contributed by atoms with Crippen molar-refractivity contribution in [2.45, 2.75) is 13.5 Å². The average Bonchev–Trinajstić information content (AvgIpc) is 3.07. The zero-order valence-corrected chi connectivity index (χ0v) is 19.9. The first-order valence-corrected chi connectivity index (χ1v) is 11.7. The molecule has 8 heteroatoms. The van der Waals surface area contributed by atoms with E-state index in [1.165, 1.54) is 4.90 Å². The highest BCUT2D eigenvalue weighted by Gasteiger charge is 2.35. The number of ether oxygens (including phenoxy) is 1. The highest BCUT2D eigenvalue weighted by atomic mass is 35.5. The molecule has 3 aromatic carbocycles. The Morgan fingerprint density at radius 2 is 1.82 bits per heavy atom. The van der Waals surface area contributed by atoms with E-state index in [-0.39, 0.29) is 30.2 Å². The van der Waals surface area contributed by atoms with Gasteiger partial charge in [0.05, 0.1) is 22.2 Å². The largest absolute Gasteiger partial charge is 0.483 e. The number of carbonyl (C=O) groups is 3. The minimum absolute atomic E-state index is 0.212. The van der Waals surface area contributed by atoms with E-state index in [1.54, 1.807) is 54.6 Å². The van der Waals surface area contributed by atoms with Crippen LogP contribution in [-0.4, -0.2) is 28.6 Å². The van der Waals surface area contributed by atoms with Gasteiger partial charge < -0.3 is 10.1 Å². The lowest BCUT2D eigenvalue weighted by Crippen LogP contribution is -2.27. The van der Waals surface area contributed by atoms with Gasteiger partial charge in [0.15, 0.2) is 6.61 Å². The summed E-state index contributed by atoms with van der Waals surface area (Å²) in [6.45, 7) is 1.93. The van der Waals surface area contributed by atoms with Crippen molar-refractivity contribution >= 4 is 52.2 Å². The molecule has 0 saturated carbocycles. The molecule has 1 aliphatic heterocycles. The smallest absolute Gasteiger partial charge is 0.293 e. The van der Waals surface area contributed by atoms with E-state index < -0.39 is 0 Å². The van der Waals surface area contributed by atoms with Crippen molar-refractivity contribution in [2.24, 2.45) is 0 Å². The molecule has 1 aliphatic rings. The van der Waals surface area contributed by atoms with Crippen molar-refractivity contribution in [1.82, 2.24) is 4.90 Å². The molecule has 0 unspecified atom stereocenters. The number of amides is 3. The van der Waals surface area contributed by atoms with Crippen LogP contribution in [0.1, 0.15) is 16.7 Å². The molecule has 3 amide bonds. The number of nitrogens with one attached hydrogen (secondary N) is 1. The number of aryl methyl sites for hydroxylation is 1. The second-order valence-electron chi connectivity index (χ2n) is 7.61. The lowest BCUT2D eigenvalue weighted by atomic mass is 10.1. The highest BCUT2D eigenvalue weighted by Crippen LogP contribution is 2.35. The van der Waals surface area contributed by atoms with E-state index in [0.29, 0.717) is 26.9 Å². The zero-order chi connectivity index (χ0) is 24.1. The van der Waals surface area contributed by atoms with Crippen LogP contribution in [0.25, 0.3) is 6.08 Å². The Balaban J connectivity index is 1.45. The second-order valence-corrected chi connectivity index (χ2v) is 9.01. The average molecular weight is 493 g/mol. The molecule has 172 valence electrons. The summed E-state index contributed by atoms with van der Waals surface area (Å²) in [5, 5.41) is 2.80. The number of carbonyl (C=O) groups excluding carboxylic acids is 3. The number of thioether (sulfide) groups is 1. The predicted molar refractivity (Wildman–Crippen MR) is 135 cm³/mol. The van der Waals surface area contributed by atoms with E-state index in [1.807, 2.05) is 31.2 Å². The molecule has 1 saturated heterocycles. The fourth-order valence-electron chi connectivity index (χ4n) is 3.39. The Labute approximate surface area is 206 Å². The van der Waals surface area contributed by atoms with Crippen LogP contribution in [0.15, 0.2) is 77.7 Å². The third-order valence-corrected chi connectivity index (χ3v) is 6.25. The maximum atomic E-state index is 12.9. The van der Waals surface area contributed by atoms with Crippen LogP contribution in [0.4, 0.5) is 10.5 Å². The van der Waals surface area contributed by atoms with Gasteiger partial charge in [0.1, 0.15) is 5.75 Å². The van der Waals surface area contributed by atoms with Gasteiger partial charge in [-0.1, -0.05) is 71.8 Å². The molecular formula is C26H21ClN2O4S. The predicted octanol–water partition coefficient (Wildman–Crippen LogP) is 5.90. The van der Waals surface area contributed by atoms with Gasteiger partial charge in [-0.3, -0.25) is 19.3 Å². The lowest BCUT2D eigenvalue weighted by molar-refractivity contribution is -0.123. The Kier molecular flexibility index (Phi) is 7.35. The normalized spacial score (nSPS) is 14.5. The van der Waals surface area contributed by atoms with Gasteiger partial charge in [-0.2, -0.15) is 0 Å². The molecular weight excluding hydrogens is 472 g/mol. The van der Waals surface area contributed by atoms with Crippen LogP contribution in [0.2, 0.25) is 5.02 Å². The number of imide groups is 1. The van der Waals surface area contributed by atoms with E-state index in [2.05, 4.69) is 5.32 Å². The molecule has 0 radical (unpaired) electrons. The number of benzene rings is 3. The topological polar surface area (TPSA) is 75.7 Å². The second kappa shape index (κ2) is 10.6. The molecule has 0 bridgehead atoms. The number of hydrogen-bond acceptors (Lipinski definition) is 5. The van der Waals surface area contributed by atoms with Crippen molar-refractivity contribution in [3.63, 3.8) is 0 Å². The summed E-state index contributed by atoms with van der Waals surface area (Å²) < 4.78 is 5.70. The first-order valence-electron chi connectivity index (χ1n) is 10.5. The van der Waals surface area contributed by atoms with Gasteiger partial charge in [-0.25, -0.2) is 0 Å². The van der Waals surface area contributed by atoms with E-state index in [4.69, 9.17) is 16.3 Å². The minimum atomic E-state index is -0.374. The van der Waals surface area contributed by atoms with Crippen LogP contribution in [0.5, 0.6) is 5.75 Å². The van der Waals surface area contributed by atoms with Gasteiger partial charge >= 0.3 is 0 Å². The molecule has 4 rings (SSSR count). The van der Waals surface area contributed by atoms with Gasteiger partial charge in [-0.05, 0) is 48.5 Å². The third-order valence-electron chi connectivity index (χ3n) is 5.01. The molecule has 0 spiro atoms. The number of rotatable bonds is 7. The number of anilines is 1.